The number of pyridine rings is 7. The van der Waals surface area contributed by atoms with Crippen LogP contribution in [0.3, 0.4) is 0 Å². The molecule has 84 heavy (non-hydrogen) atoms. The molecule has 12 heterocycles. The van der Waals surface area contributed by atoms with Gasteiger partial charge < -0.3 is 0 Å². The largest absolute Gasteiger partial charge is 0.259 e. The number of aromatic nitrogens is 17. The van der Waals surface area contributed by atoms with Crippen LogP contribution in [0.1, 0.15) is 186 Å². The second-order valence-electron chi connectivity index (χ2n) is 22.7. The highest BCUT2D eigenvalue weighted by Crippen LogP contribution is 2.26. The Bertz CT molecular complexity index is 3470. The summed E-state index contributed by atoms with van der Waals surface area (Å²) in [5.74, 6) is 2.49. The van der Waals surface area contributed by atoms with Crippen molar-refractivity contribution in [3.05, 3.63) is 185 Å². The van der Waals surface area contributed by atoms with E-state index in [9.17, 15) is 0 Å². The molecule has 12 aromatic rings. The topological polar surface area (TPSA) is 219 Å². The van der Waals surface area contributed by atoms with Crippen molar-refractivity contribution in [2.24, 2.45) is 0 Å². The molecule has 0 unspecified atom stereocenters. The van der Waals surface area contributed by atoms with Crippen LogP contribution in [0, 0.1) is 41.5 Å². The van der Waals surface area contributed by atoms with E-state index in [0.717, 1.165) is 106 Å². The van der Waals surface area contributed by atoms with Gasteiger partial charge in [0.2, 0.25) is 0 Å². The van der Waals surface area contributed by atoms with Gasteiger partial charge in [0.05, 0.1) is 67.4 Å². The molecule has 0 amide bonds. The van der Waals surface area contributed by atoms with Gasteiger partial charge in [0, 0.05) is 67.4 Å². The van der Waals surface area contributed by atoms with Crippen molar-refractivity contribution in [2.75, 3.05) is 0 Å². The van der Waals surface area contributed by atoms with E-state index in [2.05, 4.69) is 193 Å². The monoisotopic (exact) mass is 1120 g/mol. The van der Waals surface area contributed by atoms with Crippen LogP contribution in [0.15, 0.2) is 117 Å². The van der Waals surface area contributed by atoms with Crippen LogP contribution < -0.4 is 0 Å². The lowest BCUT2D eigenvalue weighted by Crippen LogP contribution is -1.99. The standard InChI is InChI=1S/2C12H14N2.3C11H13N3.C10H12N4/c1-8(2)10-4-5-13-11-6-9(3)7-14-12(10)11;1-8(2)11-12-10(4-5-13-11)6-9(3)7-14-12;1-7(2)10-11-9(13-6-14-10)4-8(3)5-12-11;1-7(2)10-11-9(4-5-12-10)14-8(3)6-13-11;1-7(2)9-4-5-12-11-10(9)13-6-8(3)14-11;1-6(2)8-9-10(13-5-12-8)14-7(3)4-11-9/h2*4-8H,1-3H3;3*4-7H,1-3H3;4-6H,1-3H3. The summed E-state index contributed by atoms with van der Waals surface area (Å²) in [5.41, 5.74) is 22.7. The van der Waals surface area contributed by atoms with E-state index in [4.69, 9.17) is 0 Å². The molecule has 0 aliphatic carbocycles. The van der Waals surface area contributed by atoms with E-state index in [1.54, 1.807) is 43.6 Å². The molecular weight excluding hydrogens is 1040 g/mol. The fraction of sp³-hybridized carbons (Fsp3) is 0.358. The van der Waals surface area contributed by atoms with E-state index in [-0.39, 0.29) is 0 Å². The normalized spacial score (nSPS) is 11.1. The first-order valence-electron chi connectivity index (χ1n) is 28.7. The summed E-state index contributed by atoms with van der Waals surface area (Å²) < 4.78 is 0. The van der Waals surface area contributed by atoms with Gasteiger partial charge in [0.1, 0.15) is 34.7 Å². The molecule has 17 heteroatoms. The molecule has 0 N–H and O–H groups in total. The molecule has 0 aliphatic heterocycles. The molecule has 0 bridgehead atoms. The van der Waals surface area contributed by atoms with E-state index in [1.807, 2.05) is 89.9 Å². The maximum Gasteiger partial charge on any atom is 0.181 e. The number of rotatable bonds is 6. The predicted molar refractivity (Wildman–Crippen MR) is 339 cm³/mol. The molecule has 0 aliphatic rings. The molecule has 0 atom stereocenters. The van der Waals surface area contributed by atoms with Crippen molar-refractivity contribution < 1.29 is 0 Å². The van der Waals surface area contributed by atoms with Crippen LogP contribution in [0.2, 0.25) is 0 Å². The summed E-state index contributed by atoms with van der Waals surface area (Å²) in [6, 6.07) is 14.2. The quantitative estimate of drug-likeness (QED) is 0.151. The Labute approximate surface area is 493 Å². The number of hydrogen-bond acceptors (Lipinski definition) is 17. The number of aryl methyl sites for hydroxylation is 6. The Balaban J connectivity index is 0.000000145. The number of nitrogens with zero attached hydrogens (tertiary/aromatic N) is 17. The SMILES string of the molecule is Cc1cnc2c(C(C)C)ccnc2c1.Cc1cnc2c(C(C)C)ccnc2n1.Cc1cnc2c(C(C)C)nccc2c1.Cc1cnc2c(C(C)C)nccc2n1.Cc1cnc2c(C(C)C)ncnc2c1.Cc1cnc2c(C(C)C)ncnc2n1. The first-order valence-corrected chi connectivity index (χ1v) is 28.7. The smallest absolute Gasteiger partial charge is 0.181 e. The molecule has 0 radical (unpaired) electrons. The van der Waals surface area contributed by atoms with Gasteiger partial charge in [-0.1, -0.05) is 83.1 Å². The molecule has 0 saturated heterocycles. The van der Waals surface area contributed by atoms with Gasteiger partial charge in [-0.05, 0) is 147 Å². The molecule has 0 saturated carbocycles. The zero-order chi connectivity index (χ0) is 60.8. The van der Waals surface area contributed by atoms with E-state index in [1.165, 1.54) is 22.1 Å². The van der Waals surface area contributed by atoms with Crippen molar-refractivity contribution in [3.63, 3.8) is 0 Å². The van der Waals surface area contributed by atoms with E-state index in [0.29, 0.717) is 41.2 Å². The first kappa shape index (κ1) is 62.6. The van der Waals surface area contributed by atoms with Crippen molar-refractivity contribution in [1.82, 2.24) is 84.7 Å². The van der Waals surface area contributed by atoms with E-state index >= 15 is 0 Å². The summed E-state index contributed by atoms with van der Waals surface area (Å²) >= 11 is 0. The Morgan fingerprint density at radius 2 is 0.667 bits per heavy atom. The highest BCUT2D eigenvalue weighted by atomic mass is 15.0. The molecule has 12 rings (SSSR count). The van der Waals surface area contributed by atoms with Gasteiger partial charge >= 0.3 is 0 Å². The van der Waals surface area contributed by atoms with Crippen LogP contribution in [0.25, 0.3) is 66.3 Å². The van der Waals surface area contributed by atoms with Gasteiger partial charge in [-0.25, -0.2) is 44.9 Å². The Morgan fingerprint density at radius 3 is 1.25 bits per heavy atom. The number of fused-ring (bicyclic) bond motifs is 6. The highest BCUT2D eigenvalue weighted by Gasteiger charge is 2.13. The average Bonchev–Trinajstić information content (AvgIpc) is 3.56. The summed E-state index contributed by atoms with van der Waals surface area (Å²) in [6.45, 7) is 37.5. The third kappa shape index (κ3) is 16.2. The van der Waals surface area contributed by atoms with Gasteiger partial charge in [0.25, 0.3) is 0 Å². The molecule has 12 aromatic heterocycles. The second kappa shape index (κ2) is 28.8. The fourth-order valence-corrected chi connectivity index (χ4v) is 9.06. The van der Waals surface area contributed by atoms with Gasteiger partial charge in [-0.3, -0.25) is 39.9 Å². The molecule has 0 spiro atoms. The first-order chi connectivity index (χ1) is 40.1. The predicted octanol–water partition coefficient (Wildman–Crippen LogP) is 15.3. The Morgan fingerprint density at radius 1 is 0.274 bits per heavy atom. The minimum absolute atomic E-state index is 0.345. The molecule has 0 aromatic carbocycles. The zero-order valence-corrected chi connectivity index (χ0v) is 52.0. The third-order valence-electron chi connectivity index (χ3n) is 13.3. The van der Waals surface area contributed by atoms with Crippen molar-refractivity contribution in [2.45, 2.75) is 160 Å². The molecular formula is C67H79N17. The summed E-state index contributed by atoms with van der Waals surface area (Å²) in [7, 11) is 0. The Kier molecular flexibility index (Phi) is 21.5. The maximum atomic E-state index is 4.44. The molecule has 0 fully saturated rings. The van der Waals surface area contributed by atoms with E-state index < -0.39 is 0 Å². The van der Waals surface area contributed by atoms with Crippen molar-refractivity contribution in [1.29, 1.82) is 0 Å². The summed E-state index contributed by atoms with van der Waals surface area (Å²) in [4.78, 5) is 73.4. The van der Waals surface area contributed by atoms with Gasteiger partial charge in [-0.15, -0.1) is 0 Å². The van der Waals surface area contributed by atoms with Gasteiger partial charge in [-0.2, -0.15) is 0 Å². The van der Waals surface area contributed by atoms with Crippen LogP contribution in [0.5, 0.6) is 0 Å². The molecule has 17 nitrogen and oxygen atoms in total. The lowest BCUT2D eigenvalue weighted by atomic mass is 10.0. The van der Waals surface area contributed by atoms with Crippen LogP contribution in [0.4, 0.5) is 0 Å². The second-order valence-corrected chi connectivity index (χ2v) is 22.7. The lowest BCUT2D eigenvalue weighted by Gasteiger charge is -2.08. The number of hydrogen-bond donors (Lipinski definition) is 0. The van der Waals surface area contributed by atoms with Gasteiger partial charge in [0.15, 0.2) is 11.3 Å². The summed E-state index contributed by atoms with van der Waals surface area (Å²) in [5, 5.41) is 1.18. The van der Waals surface area contributed by atoms with Crippen LogP contribution in [-0.2, 0) is 0 Å². The van der Waals surface area contributed by atoms with Crippen molar-refractivity contribution in [3.8, 4) is 0 Å². The molecule has 432 valence electrons. The van der Waals surface area contributed by atoms with Crippen LogP contribution >= 0.6 is 0 Å². The zero-order valence-electron chi connectivity index (χ0n) is 52.0. The fourth-order valence-electron chi connectivity index (χ4n) is 9.06. The Hall–Kier alpha value is -8.99. The minimum Gasteiger partial charge on any atom is -0.259 e. The minimum atomic E-state index is 0.345. The van der Waals surface area contributed by atoms with Crippen LogP contribution in [-0.4, -0.2) is 84.7 Å². The average molecular weight is 1120 g/mol. The maximum absolute atomic E-state index is 4.44. The summed E-state index contributed by atoms with van der Waals surface area (Å²) in [6.07, 6.45) is 21.5. The van der Waals surface area contributed by atoms with Crippen molar-refractivity contribution >= 4 is 66.3 Å². The highest BCUT2D eigenvalue weighted by molar-refractivity contribution is 5.82. The third-order valence-corrected chi connectivity index (χ3v) is 13.3. The lowest BCUT2D eigenvalue weighted by molar-refractivity contribution is 0.821.